The lowest BCUT2D eigenvalue weighted by molar-refractivity contribution is 0.0156. The third kappa shape index (κ3) is 3.81. The maximum Gasteiger partial charge on any atom is 0.276 e. The van der Waals surface area contributed by atoms with Gasteiger partial charge in [0.25, 0.3) is 5.91 Å². The van der Waals surface area contributed by atoms with Gasteiger partial charge in [-0.05, 0) is 31.2 Å². The Hall–Kier alpha value is -2.19. The molecule has 0 radical (unpaired) electrons. The number of amides is 1. The Labute approximate surface area is 152 Å². The predicted octanol–water partition coefficient (Wildman–Crippen LogP) is 1.90. The van der Waals surface area contributed by atoms with Crippen LogP contribution in [0.25, 0.3) is 0 Å². The maximum absolute atomic E-state index is 12.6. The van der Waals surface area contributed by atoms with Crippen LogP contribution in [0.4, 0.5) is 0 Å². The molecule has 0 aromatic carbocycles. The van der Waals surface area contributed by atoms with Crippen molar-refractivity contribution in [1.29, 1.82) is 0 Å². The molecule has 0 N–H and O–H groups in total. The Balaban J connectivity index is 1.33. The van der Waals surface area contributed by atoms with Gasteiger partial charge in [0, 0.05) is 39.2 Å². The molecule has 2 aromatic rings. The quantitative estimate of drug-likeness (QED) is 0.732. The van der Waals surface area contributed by atoms with Gasteiger partial charge in [-0.3, -0.25) is 9.48 Å². The Morgan fingerprint density at radius 1 is 1.35 bits per heavy atom. The van der Waals surface area contributed by atoms with E-state index >= 15 is 0 Å². The van der Waals surface area contributed by atoms with Crippen molar-refractivity contribution in [2.75, 3.05) is 33.0 Å². The summed E-state index contributed by atoms with van der Waals surface area (Å²) in [6.07, 6.45) is 7.43. The van der Waals surface area contributed by atoms with E-state index < -0.39 is 0 Å². The molecule has 4 heterocycles. The average Bonchev–Trinajstić information content (AvgIpc) is 3.37. The lowest BCUT2D eigenvalue weighted by Gasteiger charge is -2.33. The van der Waals surface area contributed by atoms with Crippen LogP contribution in [-0.4, -0.2) is 58.5 Å². The molecular weight excluding hydrogens is 336 g/mol. The van der Waals surface area contributed by atoms with Crippen molar-refractivity contribution >= 4 is 5.91 Å². The Bertz CT molecular complexity index is 709. The molecule has 2 aromatic heterocycles. The molecule has 1 saturated heterocycles. The summed E-state index contributed by atoms with van der Waals surface area (Å²) in [5, 5.41) is 4.44. The summed E-state index contributed by atoms with van der Waals surface area (Å²) < 4.78 is 18.2. The molecule has 8 heteroatoms. The fourth-order valence-electron chi connectivity index (χ4n) is 3.62. The molecule has 0 spiro atoms. The summed E-state index contributed by atoms with van der Waals surface area (Å²) in [4.78, 5) is 18.4. The van der Waals surface area contributed by atoms with Crippen LogP contribution in [0, 0.1) is 5.92 Å². The van der Waals surface area contributed by atoms with Crippen LogP contribution in [0.3, 0.4) is 0 Å². The Morgan fingerprint density at radius 2 is 2.23 bits per heavy atom. The second kappa shape index (κ2) is 8.01. The van der Waals surface area contributed by atoms with E-state index in [9.17, 15) is 4.79 Å². The number of fused-ring (bicyclic) bond motifs is 1. The number of rotatable bonds is 6. The minimum Gasteiger partial charge on any atom is -0.451 e. The second-order valence-corrected chi connectivity index (χ2v) is 6.90. The first kappa shape index (κ1) is 17.2. The van der Waals surface area contributed by atoms with E-state index in [0.717, 1.165) is 44.8 Å². The van der Waals surface area contributed by atoms with E-state index in [4.69, 9.17) is 13.9 Å². The standard InChI is InChI=1S/C18H24N4O4/c23-18(17-12-26-13-19-17)21-9-15-1-5-20-22(15)16(10-21)4-8-25-11-14-2-6-24-7-3-14/h1,5,12-14,16H,2-4,6-11H2. The average molecular weight is 360 g/mol. The number of hydrogen-bond acceptors (Lipinski definition) is 6. The maximum atomic E-state index is 12.6. The molecular formula is C18H24N4O4. The predicted molar refractivity (Wildman–Crippen MR) is 91.5 cm³/mol. The number of ether oxygens (including phenoxy) is 2. The highest BCUT2D eigenvalue weighted by atomic mass is 16.5. The van der Waals surface area contributed by atoms with Crippen LogP contribution in [-0.2, 0) is 16.0 Å². The molecule has 1 fully saturated rings. The van der Waals surface area contributed by atoms with Gasteiger partial charge in [-0.2, -0.15) is 5.10 Å². The summed E-state index contributed by atoms with van der Waals surface area (Å²) in [6, 6.07) is 2.07. The largest absolute Gasteiger partial charge is 0.451 e. The summed E-state index contributed by atoms with van der Waals surface area (Å²) in [5.74, 6) is 0.486. The number of aromatic nitrogens is 3. The van der Waals surface area contributed by atoms with Gasteiger partial charge < -0.3 is 18.8 Å². The molecule has 1 unspecified atom stereocenters. The van der Waals surface area contributed by atoms with Gasteiger partial charge in [0.05, 0.1) is 18.3 Å². The number of carbonyl (C=O) groups is 1. The van der Waals surface area contributed by atoms with Gasteiger partial charge in [0.15, 0.2) is 12.1 Å². The van der Waals surface area contributed by atoms with Crippen molar-refractivity contribution in [3.05, 3.63) is 36.3 Å². The first-order chi connectivity index (χ1) is 12.8. The van der Waals surface area contributed by atoms with Gasteiger partial charge >= 0.3 is 0 Å². The van der Waals surface area contributed by atoms with Crippen molar-refractivity contribution in [2.45, 2.75) is 31.8 Å². The van der Waals surface area contributed by atoms with Crippen LogP contribution in [0.2, 0.25) is 0 Å². The number of oxazole rings is 1. The Morgan fingerprint density at radius 3 is 3.04 bits per heavy atom. The molecule has 140 valence electrons. The molecule has 0 saturated carbocycles. The number of hydrogen-bond donors (Lipinski definition) is 0. The van der Waals surface area contributed by atoms with Gasteiger partial charge in [-0.15, -0.1) is 0 Å². The summed E-state index contributed by atoms with van der Waals surface area (Å²) in [5.41, 5.74) is 1.37. The molecule has 0 bridgehead atoms. The van der Waals surface area contributed by atoms with Crippen LogP contribution in [0.5, 0.6) is 0 Å². The zero-order valence-corrected chi connectivity index (χ0v) is 14.7. The molecule has 0 aliphatic carbocycles. The van der Waals surface area contributed by atoms with Gasteiger partial charge in [-0.1, -0.05) is 0 Å². The topological polar surface area (TPSA) is 82.6 Å². The van der Waals surface area contributed by atoms with E-state index in [0.29, 0.717) is 31.3 Å². The van der Waals surface area contributed by atoms with E-state index in [1.807, 2.05) is 10.7 Å². The van der Waals surface area contributed by atoms with Crippen molar-refractivity contribution in [1.82, 2.24) is 19.7 Å². The molecule has 8 nitrogen and oxygen atoms in total. The van der Waals surface area contributed by atoms with Gasteiger partial charge in [-0.25, -0.2) is 4.98 Å². The highest BCUT2D eigenvalue weighted by Crippen LogP contribution is 2.24. The minimum absolute atomic E-state index is 0.110. The van der Waals surface area contributed by atoms with E-state index in [2.05, 4.69) is 10.1 Å². The number of carbonyl (C=O) groups excluding carboxylic acids is 1. The van der Waals surface area contributed by atoms with Crippen LogP contribution in [0.15, 0.2) is 29.3 Å². The van der Waals surface area contributed by atoms with Crippen molar-refractivity contribution in [3.63, 3.8) is 0 Å². The number of nitrogens with zero attached hydrogens (tertiary/aromatic N) is 4. The molecule has 2 aliphatic rings. The SMILES string of the molecule is O=C(c1cocn1)N1Cc2ccnn2C(CCOCC2CCOCC2)C1. The van der Waals surface area contributed by atoms with Crippen molar-refractivity contribution in [2.24, 2.45) is 5.92 Å². The van der Waals surface area contributed by atoms with Crippen LogP contribution in [0.1, 0.15) is 41.5 Å². The van der Waals surface area contributed by atoms with Gasteiger partial charge in [0.1, 0.15) is 6.26 Å². The third-order valence-corrected chi connectivity index (χ3v) is 5.11. The molecule has 4 rings (SSSR count). The summed E-state index contributed by atoms with van der Waals surface area (Å²) >= 11 is 0. The molecule has 1 amide bonds. The normalized spacial score (nSPS) is 20.9. The zero-order valence-electron chi connectivity index (χ0n) is 14.7. The van der Waals surface area contributed by atoms with Crippen LogP contribution >= 0.6 is 0 Å². The van der Waals surface area contributed by atoms with E-state index in [-0.39, 0.29) is 11.9 Å². The lowest BCUT2D eigenvalue weighted by Crippen LogP contribution is -2.41. The molecule has 26 heavy (non-hydrogen) atoms. The van der Waals surface area contributed by atoms with Crippen molar-refractivity contribution in [3.8, 4) is 0 Å². The lowest BCUT2D eigenvalue weighted by atomic mass is 10.0. The highest BCUT2D eigenvalue weighted by Gasteiger charge is 2.30. The minimum atomic E-state index is -0.112. The third-order valence-electron chi connectivity index (χ3n) is 5.11. The molecule has 1 atom stereocenters. The van der Waals surface area contributed by atoms with E-state index in [1.54, 1.807) is 11.1 Å². The summed E-state index contributed by atoms with van der Waals surface area (Å²) in [7, 11) is 0. The molecule has 2 aliphatic heterocycles. The highest BCUT2D eigenvalue weighted by molar-refractivity contribution is 5.91. The first-order valence-electron chi connectivity index (χ1n) is 9.16. The van der Waals surface area contributed by atoms with E-state index in [1.165, 1.54) is 12.7 Å². The zero-order chi connectivity index (χ0) is 17.8. The monoisotopic (exact) mass is 360 g/mol. The fraction of sp³-hybridized carbons (Fsp3) is 0.611. The smallest absolute Gasteiger partial charge is 0.276 e. The van der Waals surface area contributed by atoms with Gasteiger partial charge in [0.2, 0.25) is 0 Å². The van der Waals surface area contributed by atoms with Crippen LogP contribution < -0.4 is 0 Å². The Kier molecular flexibility index (Phi) is 5.31. The second-order valence-electron chi connectivity index (χ2n) is 6.90. The summed E-state index contributed by atoms with van der Waals surface area (Å²) in [6.45, 7) is 4.25. The first-order valence-corrected chi connectivity index (χ1v) is 9.16. The van der Waals surface area contributed by atoms with Crippen molar-refractivity contribution < 1.29 is 18.7 Å². The fourth-order valence-corrected chi connectivity index (χ4v) is 3.62.